The van der Waals surface area contributed by atoms with Gasteiger partial charge in [-0.15, -0.1) is 6.58 Å². The zero-order valence-corrected chi connectivity index (χ0v) is 10.9. The third-order valence-electron chi connectivity index (χ3n) is 2.85. The van der Waals surface area contributed by atoms with Crippen LogP contribution in [-0.4, -0.2) is 28.7 Å². The monoisotopic (exact) mass is 225 g/mol. The van der Waals surface area contributed by atoms with Gasteiger partial charge in [-0.1, -0.05) is 6.08 Å². The van der Waals surface area contributed by atoms with Crippen LogP contribution >= 0.6 is 0 Å². The van der Waals surface area contributed by atoms with E-state index in [0.29, 0.717) is 6.54 Å². The molecule has 92 valence electrons. The van der Waals surface area contributed by atoms with Gasteiger partial charge in [-0.25, -0.2) is 4.79 Å². The van der Waals surface area contributed by atoms with Gasteiger partial charge >= 0.3 is 6.09 Å². The summed E-state index contributed by atoms with van der Waals surface area (Å²) >= 11 is 0. The van der Waals surface area contributed by atoms with Crippen molar-refractivity contribution in [3.05, 3.63) is 12.7 Å². The van der Waals surface area contributed by atoms with Crippen molar-refractivity contribution in [1.82, 2.24) is 4.90 Å². The maximum Gasteiger partial charge on any atom is 0.410 e. The highest BCUT2D eigenvalue weighted by atomic mass is 16.6. The normalized spacial score (nSPS) is 17.8. The molecule has 0 atom stereocenters. The number of amides is 1. The highest BCUT2D eigenvalue weighted by molar-refractivity contribution is 5.70. The fraction of sp³-hybridized carbons (Fsp3) is 0.769. The average Bonchev–Trinajstić information content (AvgIpc) is 2.83. The molecule has 3 nitrogen and oxygen atoms in total. The molecule has 1 saturated carbocycles. The first kappa shape index (κ1) is 13.1. The summed E-state index contributed by atoms with van der Waals surface area (Å²) in [5, 5.41) is 0. The van der Waals surface area contributed by atoms with Crippen LogP contribution in [0.2, 0.25) is 0 Å². The van der Waals surface area contributed by atoms with Crippen molar-refractivity contribution in [2.45, 2.75) is 58.1 Å². The molecule has 1 fully saturated rings. The van der Waals surface area contributed by atoms with Gasteiger partial charge in [-0.05, 0) is 47.0 Å². The number of ether oxygens (including phenoxy) is 1. The van der Waals surface area contributed by atoms with Crippen molar-refractivity contribution >= 4 is 6.09 Å². The molecular formula is C13H23NO2. The number of hydrogen-bond acceptors (Lipinski definition) is 2. The van der Waals surface area contributed by atoms with Crippen molar-refractivity contribution in [2.24, 2.45) is 0 Å². The van der Waals surface area contributed by atoms with Crippen LogP contribution in [0.1, 0.15) is 47.0 Å². The molecule has 1 aliphatic carbocycles. The summed E-state index contributed by atoms with van der Waals surface area (Å²) < 4.78 is 5.42. The second-order valence-corrected chi connectivity index (χ2v) is 5.44. The molecule has 0 aliphatic heterocycles. The Morgan fingerprint density at radius 1 is 1.50 bits per heavy atom. The van der Waals surface area contributed by atoms with Crippen LogP contribution in [0, 0.1) is 0 Å². The van der Waals surface area contributed by atoms with Gasteiger partial charge < -0.3 is 9.64 Å². The van der Waals surface area contributed by atoms with Crippen molar-refractivity contribution < 1.29 is 9.53 Å². The van der Waals surface area contributed by atoms with E-state index in [2.05, 4.69) is 6.58 Å². The molecule has 0 aromatic rings. The van der Waals surface area contributed by atoms with Gasteiger partial charge in [-0.3, -0.25) is 0 Å². The number of carbonyl (C=O) groups excluding carboxylic acids is 1. The zero-order chi connectivity index (χ0) is 12.4. The Morgan fingerprint density at radius 2 is 2.06 bits per heavy atom. The largest absolute Gasteiger partial charge is 0.444 e. The lowest BCUT2D eigenvalue weighted by molar-refractivity contribution is 0.0144. The lowest BCUT2D eigenvalue weighted by Gasteiger charge is -2.32. The minimum absolute atomic E-state index is 0.00116. The number of hydrogen-bond donors (Lipinski definition) is 0. The van der Waals surface area contributed by atoms with E-state index in [9.17, 15) is 4.79 Å². The van der Waals surface area contributed by atoms with E-state index >= 15 is 0 Å². The summed E-state index contributed by atoms with van der Waals surface area (Å²) in [6, 6.07) is 0. The van der Waals surface area contributed by atoms with E-state index in [-0.39, 0.29) is 11.6 Å². The van der Waals surface area contributed by atoms with Crippen LogP contribution in [0.25, 0.3) is 0 Å². The second kappa shape index (κ2) is 4.48. The van der Waals surface area contributed by atoms with Crippen molar-refractivity contribution in [3.8, 4) is 0 Å². The Hall–Kier alpha value is -0.990. The summed E-state index contributed by atoms with van der Waals surface area (Å²) in [6.45, 7) is 12.1. The Balaban J connectivity index is 2.68. The molecule has 0 saturated heterocycles. The lowest BCUT2D eigenvalue weighted by atomic mass is 10.1. The van der Waals surface area contributed by atoms with Crippen LogP contribution in [0.3, 0.4) is 0 Å². The Kier molecular flexibility index (Phi) is 3.66. The van der Waals surface area contributed by atoms with Crippen LogP contribution in [0.4, 0.5) is 4.79 Å². The molecule has 0 unspecified atom stereocenters. The third kappa shape index (κ3) is 3.00. The molecular weight excluding hydrogens is 202 g/mol. The molecule has 0 spiro atoms. The molecule has 3 heteroatoms. The highest BCUT2D eigenvalue weighted by Crippen LogP contribution is 2.45. The Morgan fingerprint density at radius 3 is 2.38 bits per heavy atom. The Labute approximate surface area is 98.5 Å². The highest BCUT2D eigenvalue weighted by Gasteiger charge is 2.49. The predicted molar refractivity (Wildman–Crippen MR) is 65.4 cm³/mol. The van der Waals surface area contributed by atoms with Gasteiger partial charge in [0, 0.05) is 12.1 Å². The minimum Gasteiger partial charge on any atom is -0.444 e. The standard InChI is InChI=1S/C13H23NO2/c1-6-8-13(9-10-13)14(7-2)11(15)16-12(3,4)5/h6H,1,7-10H2,2-5H3. The molecule has 0 bridgehead atoms. The van der Waals surface area contributed by atoms with E-state index in [1.165, 1.54) is 0 Å². The zero-order valence-electron chi connectivity index (χ0n) is 10.9. The van der Waals surface area contributed by atoms with Gasteiger partial charge in [0.2, 0.25) is 0 Å². The summed E-state index contributed by atoms with van der Waals surface area (Å²) in [5.41, 5.74) is -0.423. The van der Waals surface area contributed by atoms with E-state index in [1.807, 2.05) is 38.7 Å². The van der Waals surface area contributed by atoms with Crippen molar-refractivity contribution in [3.63, 3.8) is 0 Å². The van der Waals surface area contributed by atoms with Crippen LogP contribution in [0.5, 0.6) is 0 Å². The lowest BCUT2D eigenvalue weighted by Crippen LogP contribution is -2.44. The van der Waals surface area contributed by atoms with Gasteiger partial charge in [-0.2, -0.15) is 0 Å². The summed E-state index contributed by atoms with van der Waals surface area (Å²) in [4.78, 5) is 13.9. The molecule has 0 aromatic heterocycles. The summed E-state index contributed by atoms with van der Waals surface area (Å²) in [6.07, 6.45) is 4.67. The first-order valence-electron chi connectivity index (χ1n) is 5.96. The number of nitrogens with zero attached hydrogens (tertiary/aromatic N) is 1. The van der Waals surface area contributed by atoms with Gasteiger partial charge in [0.15, 0.2) is 0 Å². The molecule has 0 N–H and O–H groups in total. The smallest absolute Gasteiger partial charge is 0.410 e. The molecule has 1 amide bonds. The fourth-order valence-electron chi connectivity index (χ4n) is 1.97. The maximum atomic E-state index is 12.0. The Bertz CT molecular complexity index is 274. The molecule has 1 aliphatic rings. The van der Waals surface area contributed by atoms with E-state index < -0.39 is 5.60 Å². The number of rotatable bonds is 4. The SMILES string of the molecule is C=CCC1(N(CC)C(=O)OC(C)(C)C)CC1. The van der Waals surface area contributed by atoms with Crippen molar-refractivity contribution in [2.75, 3.05) is 6.54 Å². The first-order chi connectivity index (χ1) is 7.34. The third-order valence-corrected chi connectivity index (χ3v) is 2.85. The fourth-order valence-corrected chi connectivity index (χ4v) is 1.97. The number of carbonyl (C=O) groups is 1. The summed E-state index contributed by atoms with van der Waals surface area (Å²) in [7, 11) is 0. The van der Waals surface area contributed by atoms with Crippen molar-refractivity contribution in [1.29, 1.82) is 0 Å². The van der Waals surface area contributed by atoms with Gasteiger partial charge in [0.05, 0.1) is 0 Å². The van der Waals surface area contributed by atoms with Crippen LogP contribution in [0.15, 0.2) is 12.7 Å². The van der Waals surface area contributed by atoms with Gasteiger partial charge in [0.25, 0.3) is 0 Å². The molecule has 16 heavy (non-hydrogen) atoms. The first-order valence-corrected chi connectivity index (χ1v) is 5.96. The maximum absolute atomic E-state index is 12.0. The quantitative estimate of drug-likeness (QED) is 0.687. The van der Waals surface area contributed by atoms with E-state index in [4.69, 9.17) is 4.74 Å². The molecule has 0 aromatic carbocycles. The van der Waals surface area contributed by atoms with Gasteiger partial charge in [0.1, 0.15) is 5.60 Å². The van der Waals surface area contributed by atoms with Crippen LogP contribution < -0.4 is 0 Å². The average molecular weight is 225 g/mol. The van der Waals surface area contributed by atoms with E-state index in [1.54, 1.807) is 0 Å². The molecule has 0 heterocycles. The second-order valence-electron chi connectivity index (χ2n) is 5.44. The molecule has 0 radical (unpaired) electrons. The minimum atomic E-state index is -0.422. The summed E-state index contributed by atoms with van der Waals surface area (Å²) in [5.74, 6) is 0. The van der Waals surface area contributed by atoms with Crippen LogP contribution in [-0.2, 0) is 4.74 Å². The molecule has 1 rings (SSSR count). The van der Waals surface area contributed by atoms with E-state index in [0.717, 1.165) is 19.3 Å². The topological polar surface area (TPSA) is 29.5 Å². The predicted octanol–water partition coefficient (Wildman–Crippen LogP) is 3.35.